The highest BCUT2D eigenvalue weighted by Gasteiger charge is 2.42. The van der Waals surface area contributed by atoms with E-state index in [1.807, 2.05) is 6.08 Å². The van der Waals surface area contributed by atoms with Crippen molar-refractivity contribution in [1.29, 1.82) is 0 Å². The van der Waals surface area contributed by atoms with E-state index < -0.39 is 0 Å². The van der Waals surface area contributed by atoms with Crippen LogP contribution < -0.4 is 5.32 Å². The smallest absolute Gasteiger partial charge is 0.0328 e. The van der Waals surface area contributed by atoms with Crippen LogP contribution in [0.5, 0.6) is 0 Å². The number of nitrogens with one attached hydrogen (secondary N) is 1. The molecule has 17 heavy (non-hydrogen) atoms. The molecular formula is C15H20ClN. The molecule has 0 aromatic heterocycles. The molecule has 1 nitrogen and oxygen atoms in total. The van der Waals surface area contributed by atoms with Crippen LogP contribution in [0.25, 0.3) is 0 Å². The molecule has 1 aliphatic carbocycles. The predicted octanol–water partition coefficient (Wildman–Crippen LogP) is 3.82. The summed E-state index contributed by atoms with van der Waals surface area (Å²) < 4.78 is 0. The third kappa shape index (κ3) is 1.92. The van der Waals surface area contributed by atoms with E-state index in [0.29, 0.717) is 18.0 Å². The minimum Gasteiger partial charge on any atom is -0.306 e. The predicted molar refractivity (Wildman–Crippen MR) is 74.7 cm³/mol. The lowest BCUT2D eigenvalue weighted by Crippen LogP contribution is -2.50. The number of hydrogen-bond acceptors (Lipinski definition) is 1. The lowest BCUT2D eigenvalue weighted by atomic mass is 9.66. The molecule has 1 aromatic rings. The Labute approximate surface area is 110 Å². The average Bonchev–Trinajstić information content (AvgIpc) is 2.29. The second kappa shape index (κ2) is 4.83. The summed E-state index contributed by atoms with van der Waals surface area (Å²) in [7, 11) is 0. The minimum absolute atomic E-state index is 0. The van der Waals surface area contributed by atoms with Gasteiger partial charge in [-0.2, -0.15) is 0 Å². The van der Waals surface area contributed by atoms with Crippen molar-refractivity contribution < 1.29 is 0 Å². The molecule has 0 saturated carbocycles. The van der Waals surface area contributed by atoms with E-state index in [4.69, 9.17) is 0 Å². The zero-order valence-electron chi connectivity index (χ0n) is 10.2. The number of fused-ring (bicyclic) bond motifs is 2. The maximum Gasteiger partial charge on any atom is 0.0328 e. The summed E-state index contributed by atoms with van der Waals surface area (Å²) in [4.78, 5) is 0. The fourth-order valence-electron chi connectivity index (χ4n) is 3.61. The Morgan fingerprint density at radius 3 is 2.76 bits per heavy atom. The second-order valence-corrected chi connectivity index (χ2v) is 5.22. The molecule has 2 heteroatoms. The minimum atomic E-state index is 0. The SMILES string of the molecule is C=CCC1NC2CC(C)C1c1ccccc12.Cl. The van der Waals surface area contributed by atoms with Crippen molar-refractivity contribution in [2.75, 3.05) is 0 Å². The Balaban J connectivity index is 0.00000108. The van der Waals surface area contributed by atoms with Crippen LogP contribution in [0.4, 0.5) is 0 Å². The van der Waals surface area contributed by atoms with Crippen LogP contribution in [0.1, 0.15) is 42.9 Å². The summed E-state index contributed by atoms with van der Waals surface area (Å²) in [5, 5.41) is 3.77. The van der Waals surface area contributed by atoms with Gasteiger partial charge in [0, 0.05) is 18.0 Å². The molecule has 1 N–H and O–H groups in total. The fraction of sp³-hybridized carbons (Fsp3) is 0.467. The molecule has 1 saturated heterocycles. The molecule has 2 heterocycles. The van der Waals surface area contributed by atoms with E-state index >= 15 is 0 Å². The van der Waals surface area contributed by atoms with Crippen molar-refractivity contribution in [3.63, 3.8) is 0 Å². The van der Waals surface area contributed by atoms with E-state index in [-0.39, 0.29) is 12.4 Å². The zero-order chi connectivity index (χ0) is 11.1. The summed E-state index contributed by atoms with van der Waals surface area (Å²) in [6.45, 7) is 6.27. The van der Waals surface area contributed by atoms with Gasteiger partial charge in [0.25, 0.3) is 0 Å². The fourth-order valence-corrected chi connectivity index (χ4v) is 3.61. The van der Waals surface area contributed by atoms with Crippen LogP contribution in [0.2, 0.25) is 0 Å². The standard InChI is InChI=1S/C15H19N.ClH/c1-3-6-13-15-10(2)9-14(16-13)11-7-4-5-8-12(11)15;/h3-5,7-8,10,13-16H,1,6,9H2,2H3;1H. The molecule has 0 spiro atoms. The largest absolute Gasteiger partial charge is 0.306 e. The molecule has 3 aliphatic rings. The summed E-state index contributed by atoms with van der Waals surface area (Å²) in [6, 6.07) is 10.1. The number of hydrogen-bond donors (Lipinski definition) is 1. The Morgan fingerprint density at radius 1 is 1.35 bits per heavy atom. The number of piperidine rings is 1. The van der Waals surface area contributed by atoms with Crippen LogP contribution in [-0.4, -0.2) is 6.04 Å². The number of rotatable bonds is 2. The highest BCUT2D eigenvalue weighted by atomic mass is 35.5. The molecule has 1 aromatic carbocycles. The summed E-state index contributed by atoms with van der Waals surface area (Å²) in [6.07, 6.45) is 4.42. The van der Waals surface area contributed by atoms with Crippen molar-refractivity contribution in [2.45, 2.75) is 37.8 Å². The Bertz CT molecular complexity index is 415. The molecule has 2 aliphatic heterocycles. The maximum atomic E-state index is 3.88. The maximum absolute atomic E-state index is 3.88. The topological polar surface area (TPSA) is 12.0 Å². The molecule has 2 bridgehead atoms. The van der Waals surface area contributed by atoms with Crippen molar-refractivity contribution in [3.05, 3.63) is 48.0 Å². The van der Waals surface area contributed by atoms with Crippen LogP contribution in [-0.2, 0) is 0 Å². The summed E-state index contributed by atoms with van der Waals surface area (Å²) in [5.74, 6) is 1.48. The van der Waals surface area contributed by atoms with Crippen LogP contribution in [0.15, 0.2) is 36.9 Å². The van der Waals surface area contributed by atoms with Crippen molar-refractivity contribution >= 4 is 12.4 Å². The molecule has 4 unspecified atom stereocenters. The first-order chi connectivity index (χ1) is 7.81. The van der Waals surface area contributed by atoms with Gasteiger partial charge in [-0.15, -0.1) is 19.0 Å². The lowest BCUT2D eigenvalue weighted by Gasteiger charge is -2.48. The number of halogens is 1. The first-order valence-electron chi connectivity index (χ1n) is 6.27. The van der Waals surface area contributed by atoms with Gasteiger partial charge in [0.05, 0.1) is 0 Å². The third-order valence-corrected chi connectivity index (χ3v) is 4.22. The van der Waals surface area contributed by atoms with Gasteiger partial charge in [-0.3, -0.25) is 0 Å². The Morgan fingerprint density at radius 2 is 2.06 bits per heavy atom. The monoisotopic (exact) mass is 249 g/mol. The van der Waals surface area contributed by atoms with Gasteiger partial charge < -0.3 is 5.32 Å². The van der Waals surface area contributed by atoms with Gasteiger partial charge in [0.1, 0.15) is 0 Å². The van der Waals surface area contributed by atoms with Gasteiger partial charge >= 0.3 is 0 Å². The Kier molecular flexibility index (Phi) is 3.60. The van der Waals surface area contributed by atoms with Crippen LogP contribution in [0, 0.1) is 5.92 Å². The van der Waals surface area contributed by atoms with Gasteiger partial charge in [0.2, 0.25) is 0 Å². The van der Waals surface area contributed by atoms with Gasteiger partial charge in [0.15, 0.2) is 0 Å². The average molecular weight is 250 g/mol. The molecule has 0 amide bonds. The van der Waals surface area contributed by atoms with E-state index in [1.54, 1.807) is 5.56 Å². The third-order valence-electron chi connectivity index (χ3n) is 4.22. The Hall–Kier alpha value is -0.790. The molecule has 4 rings (SSSR count). The van der Waals surface area contributed by atoms with Crippen molar-refractivity contribution in [3.8, 4) is 0 Å². The van der Waals surface area contributed by atoms with E-state index in [0.717, 1.165) is 12.3 Å². The van der Waals surface area contributed by atoms with E-state index in [2.05, 4.69) is 43.1 Å². The molecule has 92 valence electrons. The van der Waals surface area contributed by atoms with Gasteiger partial charge in [-0.1, -0.05) is 37.3 Å². The van der Waals surface area contributed by atoms with Crippen molar-refractivity contribution in [1.82, 2.24) is 5.32 Å². The van der Waals surface area contributed by atoms with E-state index in [9.17, 15) is 0 Å². The number of benzene rings is 1. The van der Waals surface area contributed by atoms with Gasteiger partial charge in [-0.05, 0) is 29.9 Å². The summed E-state index contributed by atoms with van der Waals surface area (Å²) >= 11 is 0. The normalized spacial score (nSPS) is 33.7. The highest BCUT2D eigenvalue weighted by Crippen LogP contribution is 2.48. The first kappa shape index (κ1) is 12.7. The molecule has 4 atom stereocenters. The van der Waals surface area contributed by atoms with Crippen molar-refractivity contribution in [2.24, 2.45) is 5.92 Å². The quantitative estimate of drug-likeness (QED) is 0.786. The zero-order valence-corrected chi connectivity index (χ0v) is 11.0. The highest BCUT2D eigenvalue weighted by molar-refractivity contribution is 5.85. The van der Waals surface area contributed by atoms with Gasteiger partial charge in [-0.25, -0.2) is 0 Å². The van der Waals surface area contributed by atoms with E-state index in [1.165, 1.54) is 12.0 Å². The molecular weight excluding hydrogens is 230 g/mol. The second-order valence-electron chi connectivity index (χ2n) is 5.22. The van der Waals surface area contributed by atoms with Crippen LogP contribution >= 0.6 is 12.4 Å². The molecule has 1 fully saturated rings. The first-order valence-corrected chi connectivity index (χ1v) is 6.27. The molecule has 0 radical (unpaired) electrons. The van der Waals surface area contributed by atoms with Crippen LogP contribution in [0.3, 0.4) is 0 Å². The lowest BCUT2D eigenvalue weighted by molar-refractivity contribution is 0.191. The summed E-state index contributed by atoms with van der Waals surface area (Å²) in [5.41, 5.74) is 3.11.